The zero-order chi connectivity index (χ0) is 24.6. The van der Waals surface area contributed by atoms with E-state index in [2.05, 4.69) is 25.6 Å². The summed E-state index contributed by atoms with van der Waals surface area (Å²) in [5.41, 5.74) is 3.80. The number of nitrogens with one attached hydrogen (secondary N) is 1. The Kier molecular flexibility index (Phi) is 5.98. The van der Waals surface area contributed by atoms with Crippen LogP contribution in [0.4, 0.5) is 4.39 Å². The smallest absolute Gasteiger partial charge is 0.272 e. The lowest BCUT2D eigenvalue weighted by atomic mass is 10.0. The Morgan fingerprint density at radius 1 is 1.14 bits per heavy atom. The van der Waals surface area contributed by atoms with Crippen LogP contribution in [0.15, 0.2) is 48.5 Å². The van der Waals surface area contributed by atoms with E-state index in [4.69, 9.17) is 4.74 Å². The number of piperidine rings is 1. The quantitative estimate of drug-likeness (QED) is 0.464. The Labute approximate surface area is 207 Å². The van der Waals surface area contributed by atoms with Gasteiger partial charge in [-0.15, -0.1) is 5.10 Å². The molecule has 0 aliphatic carbocycles. The van der Waals surface area contributed by atoms with Crippen molar-refractivity contribution in [2.75, 3.05) is 13.1 Å². The van der Waals surface area contributed by atoms with Crippen molar-refractivity contribution in [3.63, 3.8) is 0 Å². The number of nitrogens with zero attached hydrogens (tertiary/aromatic N) is 6. The van der Waals surface area contributed by atoms with Gasteiger partial charge >= 0.3 is 0 Å². The summed E-state index contributed by atoms with van der Waals surface area (Å²) >= 11 is 0. The molecule has 4 aromatic rings. The first-order valence-corrected chi connectivity index (χ1v) is 12.3. The first kappa shape index (κ1) is 22.8. The van der Waals surface area contributed by atoms with Crippen LogP contribution in [0.3, 0.4) is 0 Å². The Hall–Kier alpha value is -3.63. The number of para-hydroxylation sites is 1. The Morgan fingerprint density at radius 2 is 1.92 bits per heavy atom. The predicted molar refractivity (Wildman–Crippen MR) is 130 cm³/mol. The summed E-state index contributed by atoms with van der Waals surface area (Å²) in [4.78, 5) is 15.3. The van der Waals surface area contributed by atoms with E-state index in [9.17, 15) is 9.18 Å². The highest BCUT2D eigenvalue weighted by molar-refractivity contribution is 6.04. The minimum absolute atomic E-state index is 0.105. The SMILES string of the molecule is Cn1nc(C(=O)NC2CCN(Cc3nnn4c3COC(c3ccccc3F)C4)CC2)c2ccccc21. The fourth-order valence-electron chi connectivity index (χ4n) is 5.19. The fraction of sp³-hybridized carbons (Fsp3) is 0.385. The molecule has 36 heavy (non-hydrogen) atoms. The summed E-state index contributed by atoms with van der Waals surface area (Å²) in [5, 5.41) is 17.2. The van der Waals surface area contributed by atoms with Crippen molar-refractivity contribution < 1.29 is 13.9 Å². The lowest BCUT2D eigenvalue weighted by Crippen LogP contribution is -2.44. The third-order valence-corrected chi connectivity index (χ3v) is 7.20. The average molecular weight is 490 g/mol. The molecule has 1 amide bonds. The zero-order valence-electron chi connectivity index (χ0n) is 20.1. The number of aromatic nitrogens is 5. The molecule has 6 rings (SSSR count). The lowest BCUT2D eigenvalue weighted by molar-refractivity contribution is -0.00414. The number of rotatable bonds is 5. The van der Waals surface area contributed by atoms with Crippen molar-refractivity contribution in [1.82, 2.24) is 35.0 Å². The van der Waals surface area contributed by atoms with Crippen LogP contribution in [-0.2, 0) is 31.5 Å². The van der Waals surface area contributed by atoms with Crippen molar-refractivity contribution in [3.05, 3.63) is 77.0 Å². The summed E-state index contributed by atoms with van der Waals surface area (Å²) < 4.78 is 23.7. The largest absolute Gasteiger partial charge is 0.365 e. The van der Waals surface area contributed by atoms with Crippen LogP contribution in [0.5, 0.6) is 0 Å². The second kappa shape index (κ2) is 9.44. The fourth-order valence-corrected chi connectivity index (χ4v) is 5.19. The molecule has 1 unspecified atom stereocenters. The van der Waals surface area contributed by atoms with Gasteiger partial charge in [-0.25, -0.2) is 9.07 Å². The topological polar surface area (TPSA) is 90.1 Å². The van der Waals surface area contributed by atoms with Gasteiger partial charge in [0.15, 0.2) is 5.69 Å². The Balaban J connectivity index is 1.05. The summed E-state index contributed by atoms with van der Waals surface area (Å²) in [6.45, 7) is 3.16. The average Bonchev–Trinajstić information content (AvgIpc) is 3.46. The molecule has 2 aliphatic rings. The molecule has 0 saturated carbocycles. The van der Waals surface area contributed by atoms with Crippen molar-refractivity contribution in [2.24, 2.45) is 7.05 Å². The van der Waals surface area contributed by atoms with Gasteiger partial charge in [0.25, 0.3) is 5.91 Å². The maximum atomic E-state index is 14.2. The molecule has 1 saturated heterocycles. The van der Waals surface area contributed by atoms with Crippen LogP contribution in [0.25, 0.3) is 10.9 Å². The monoisotopic (exact) mass is 489 g/mol. The van der Waals surface area contributed by atoms with Gasteiger partial charge in [0.2, 0.25) is 0 Å². The molecule has 2 aromatic heterocycles. The maximum Gasteiger partial charge on any atom is 0.272 e. The van der Waals surface area contributed by atoms with Crippen molar-refractivity contribution >= 4 is 16.8 Å². The van der Waals surface area contributed by atoms with E-state index in [1.54, 1.807) is 16.8 Å². The second-order valence-electron chi connectivity index (χ2n) is 9.50. The van der Waals surface area contributed by atoms with E-state index in [0.717, 1.165) is 48.2 Å². The van der Waals surface area contributed by atoms with Crippen LogP contribution in [0.1, 0.15) is 46.4 Å². The molecule has 186 valence electrons. The number of hydrogen-bond donors (Lipinski definition) is 1. The van der Waals surface area contributed by atoms with Crippen LogP contribution in [0.2, 0.25) is 0 Å². The second-order valence-corrected chi connectivity index (χ2v) is 9.50. The predicted octanol–water partition coefficient (Wildman–Crippen LogP) is 2.97. The summed E-state index contributed by atoms with van der Waals surface area (Å²) in [5.74, 6) is -0.392. The number of aryl methyl sites for hydroxylation is 1. The Bertz CT molecular complexity index is 1410. The van der Waals surface area contributed by atoms with Gasteiger partial charge in [0.1, 0.15) is 17.6 Å². The van der Waals surface area contributed by atoms with Crippen molar-refractivity contribution in [2.45, 2.75) is 44.7 Å². The van der Waals surface area contributed by atoms with Crippen LogP contribution < -0.4 is 5.32 Å². The van der Waals surface area contributed by atoms with E-state index in [-0.39, 0.29) is 23.9 Å². The number of fused-ring (bicyclic) bond motifs is 2. The first-order chi connectivity index (χ1) is 17.6. The lowest BCUT2D eigenvalue weighted by Gasteiger charge is -2.32. The number of carbonyl (C=O) groups excluding carboxylic acids is 1. The van der Waals surface area contributed by atoms with Crippen LogP contribution >= 0.6 is 0 Å². The van der Waals surface area contributed by atoms with E-state index >= 15 is 0 Å². The molecule has 1 fully saturated rings. The van der Waals surface area contributed by atoms with Crippen LogP contribution in [0, 0.1) is 5.82 Å². The van der Waals surface area contributed by atoms with E-state index in [1.807, 2.05) is 42.1 Å². The first-order valence-electron chi connectivity index (χ1n) is 12.3. The highest BCUT2D eigenvalue weighted by Crippen LogP contribution is 2.29. The van der Waals surface area contributed by atoms with E-state index in [1.165, 1.54) is 6.07 Å². The number of ether oxygens (including phenoxy) is 1. The minimum Gasteiger partial charge on any atom is -0.365 e. The molecule has 10 heteroatoms. The third kappa shape index (κ3) is 4.27. The van der Waals surface area contributed by atoms with E-state index < -0.39 is 0 Å². The van der Waals surface area contributed by atoms with Gasteiger partial charge in [0.05, 0.1) is 24.4 Å². The minimum atomic E-state index is -0.371. The van der Waals surface area contributed by atoms with Gasteiger partial charge in [-0.2, -0.15) is 5.10 Å². The molecular formula is C26H28FN7O2. The van der Waals surface area contributed by atoms with Crippen molar-refractivity contribution in [3.8, 4) is 0 Å². The molecule has 0 spiro atoms. The number of likely N-dealkylation sites (tertiary alicyclic amines) is 1. The van der Waals surface area contributed by atoms with Gasteiger partial charge in [0, 0.05) is 43.7 Å². The number of amides is 1. The summed E-state index contributed by atoms with van der Waals surface area (Å²) in [7, 11) is 1.85. The zero-order valence-corrected chi connectivity index (χ0v) is 20.1. The number of halogens is 1. The van der Waals surface area contributed by atoms with Crippen LogP contribution in [-0.4, -0.2) is 54.7 Å². The van der Waals surface area contributed by atoms with Gasteiger partial charge in [-0.05, 0) is 25.0 Å². The molecule has 2 aliphatic heterocycles. The molecule has 9 nitrogen and oxygen atoms in total. The molecular weight excluding hydrogens is 461 g/mol. The van der Waals surface area contributed by atoms with Gasteiger partial charge < -0.3 is 10.1 Å². The standard InChI is InChI=1S/C26H28FN7O2/c1-32-22-9-5-3-7-19(22)25(30-32)26(35)28-17-10-12-33(13-11-17)14-21-23-16-36-24(15-34(23)31-29-21)18-6-2-4-8-20(18)27/h2-9,17,24H,10-16H2,1H3,(H,28,35). The molecule has 0 radical (unpaired) electrons. The molecule has 0 bridgehead atoms. The third-order valence-electron chi connectivity index (χ3n) is 7.20. The maximum absolute atomic E-state index is 14.2. The summed E-state index contributed by atoms with van der Waals surface area (Å²) in [6.07, 6.45) is 1.33. The number of carbonyl (C=O) groups is 1. The Morgan fingerprint density at radius 3 is 2.75 bits per heavy atom. The summed E-state index contributed by atoms with van der Waals surface area (Å²) in [6, 6.07) is 14.6. The molecule has 1 N–H and O–H groups in total. The van der Waals surface area contributed by atoms with Crippen molar-refractivity contribution in [1.29, 1.82) is 0 Å². The molecule has 4 heterocycles. The van der Waals surface area contributed by atoms with Gasteiger partial charge in [-0.3, -0.25) is 14.4 Å². The normalized spacial score (nSPS) is 18.9. The molecule has 1 atom stereocenters. The highest BCUT2D eigenvalue weighted by Gasteiger charge is 2.29. The highest BCUT2D eigenvalue weighted by atomic mass is 19.1. The number of hydrogen-bond acceptors (Lipinski definition) is 6. The molecule has 2 aromatic carbocycles. The van der Waals surface area contributed by atoms with E-state index in [0.29, 0.717) is 31.0 Å². The number of benzene rings is 2. The van der Waals surface area contributed by atoms with Gasteiger partial charge in [-0.1, -0.05) is 41.6 Å².